The van der Waals surface area contributed by atoms with E-state index in [2.05, 4.69) is 36.1 Å². The minimum absolute atomic E-state index is 0.250. The van der Waals surface area contributed by atoms with E-state index in [4.69, 9.17) is 9.93 Å². The number of aryl methyl sites for hydroxylation is 2. The number of carbonyl (C=O) groups excluding carboxylic acids is 1. The van der Waals surface area contributed by atoms with Crippen molar-refractivity contribution in [1.82, 2.24) is 4.90 Å². The van der Waals surface area contributed by atoms with Gasteiger partial charge in [0.05, 0.1) is 0 Å². The molecule has 0 spiro atoms. The van der Waals surface area contributed by atoms with Gasteiger partial charge < -0.3 is 11.1 Å². The van der Waals surface area contributed by atoms with E-state index in [1.165, 1.54) is 54.7 Å². The fourth-order valence-electron chi connectivity index (χ4n) is 4.66. The smallest absolute Gasteiger partial charge is 0.204 e. The van der Waals surface area contributed by atoms with Crippen molar-refractivity contribution in [3.05, 3.63) is 44.8 Å². The van der Waals surface area contributed by atoms with Crippen LogP contribution in [0.25, 0.3) is 0 Å². The van der Waals surface area contributed by atoms with Crippen LogP contribution in [0.2, 0.25) is 0 Å². The first kappa shape index (κ1) is 23.1. The predicted molar refractivity (Wildman–Crippen MR) is 125 cm³/mol. The second-order valence-electron chi connectivity index (χ2n) is 7.92. The van der Waals surface area contributed by atoms with Crippen LogP contribution in [0.3, 0.4) is 0 Å². The van der Waals surface area contributed by atoms with Gasteiger partial charge in [-0.05, 0) is 60.8 Å². The van der Waals surface area contributed by atoms with E-state index in [-0.39, 0.29) is 6.41 Å². The fraction of sp³-hybridized carbons (Fsp3) is 0.500. The third-order valence-corrected chi connectivity index (χ3v) is 8.25. The Hall–Kier alpha value is -1.58. The summed E-state index contributed by atoms with van der Waals surface area (Å²) in [7, 11) is 2.87. The molecule has 8 heteroatoms. The summed E-state index contributed by atoms with van der Waals surface area (Å²) in [5.41, 5.74) is 13.4. The number of benzene rings is 1. The van der Waals surface area contributed by atoms with Gasteiger partial charge in [0.25, 0.3) is 0 Å². The number of primary amides is 1. The summed E-state index contributed by atoms with van der Waals surface area (Å²) in [6, 6.07) is 4.46. The molecule has 0 radical (unpaired) electrons. The minimum atomic E-state index is -1.31. The molecule has 1 aromatic carbocycles. The van der Waals surface area contributed by atoms with E-state index in [9.17, 15) is 4.04 Å². The standard InChI is InChI=1S/C13H17N.C8H12N2OS2.CH3NO/c1-14-13-11-6-2-4-9(11)8-10-5-3-7-12(10)13;1-10-3-2-7-6(5-10)4-8(12-7)13(9)11;2-1-3/h8,14H,2-7H2,1H3;4H,2-3,5,9H2,1H3;1H,(H2,2,3). The average Bonchev–Trinajstić information content (AvgIpc) is 3.45. The summed E-state index contributed by atoms with van der Waals surface area (Å²) >= 11 is 1.59. The molecule has 2 aliphatic carbocycles. The van der Waals surface area contributed by atoms with Crippen LogP contribution in [-0.4, -0.2) is 32.0 Å². The molecular weight excluding hydrogens is 416 g/mol. The molecule has 0 bridgehead atoms. The van der Waals surface area contributed by atoms with Crippen LogP contribution in [-0.2, 0) is 58.3 Å². The summed E-state index contributed by atoms with van der Waals surface area (Å²) in [6.07, 6.45) is 9.21. The third-order valence-electron chi connectivity index (χ3n) is 5.96. The molecule has 5 rings (SSSR count). The maximum atomic E-state index is 11.0. The first-order valence-corrected chi connectivity index (χ1v) is 12.5. The van der Waals surface area contributed by atoms with Crippen molar-refractivity contribution in [2.45, 2.75) is 55.7 Å². The molecule has 0 atom stereocenters. The van der Waals surface area contributed by atoms with Crippen molar-refractivity contribution >= 4 is 34.3 Å². The Morgan fingerprint density at radius 2 is 1.70 bits per heavy atom. The molecule has 30 heavy (non-hydrogen) atoms. The molecule has 0 fully saturated rings. The van der Waals surface area contributed by atoms with E-state index in [1.807, 2.05) is 6.07 Å². The largest absolute Gasteiger partial charge is 0.388 e. The first-order valence-electron chi connectivity index (χ1n) is 10.4. The Kier molecular flexibility index (Phi) is 8.19. The van der Waals surface area contributed by atoms with Gasteiger partial charge in [0.1, 0.15) is 0 Å². The van der Waals surface area contributed by atoms with Crippen LogP contribution >= 0.6 is 11.3 Å². The number of hydrogen-bond donors (Lipinski definition) is 3. The molecule has 2 heterocycles. The van der Waals surface area contributed by atoms with E-state index in [0.29, 0.717) is 0 Å². The zero-order valence-corrected chi connectivity index (χ0v) is 19.5. The number of thiophene rings is 1. The van der Waals surface area contributed by atoms with Crippen LogP contribution in [0.5, 0.6) is 0 Å². The normalized spacial score (nSPS) is 16.5. The summed E-state index contributed by atoms with van der Waals surface area (Å²) in [5.74, 6) is 0. The van der Waals surface area contributed by atoms with E-state index in [1.54, 1.807) is 33.6 Å². The minimum Gasteiger partial charge on any atom is -0.388 e. The second-order valence-corrected chi connectivity index (χ2v) is 10.3. The summed E-state index contributed by atoms with van der Waals surface area (Å²) in [5, 5.41) is 8.76. The Morgan fingerprint density at radius 1 is 1.10 bits per heavy atom. The number of hydrogen-bond acceptors (Lipinski definition) is 6. The van der Waals surface area contributed by atoms with E-state index >= 15 is 0 Å². The van der Waals surface area contributed by atoms with Crippen LogP contribution in [0.15, 0.2) is 16.3 Å². The maximum Gasteiger partial charge on any atom is 0.204 e. The molecule has 164 valence electrons. The molecule has 1 amide bonds. The van der Waals surface area contributed by atoms with Crippen molar-refractivity contribution in [1.29, 1.82) is 0 Å². The molecule has 0 unspecified atom stereocenters. The number of amides is 1. The molecular formula is C22H32N4O2S2. The number of nitrogens with two attached hydrogens (primary N) is 2. The van der Waals surface area contributed by atoms with Crippen LogP contribution < -0.4 is 16.2 Å². The topological polar surface area (TPSA) is 104 Å². The number of likely N-dealkylation sites (N-methyl/N-ethyl adjacent to an activating group) is 1. The first-order chi connectivity index (χ1) is 14.5. The van der Waals surface area contributed by atoms with E-state index < -0.39 is 10.8 Å². The molecule has 5 N–H and O–H groups in total. The van der Waals surface area contributed by atoms with Crippen molar-refractivity contribution in [2.75, 3.05) is 26.0 Å². The average molecular weight is 449 g/mol. The molecule has 0 saturated heterocycles. The molecule has 2 aromatic rings. The van der Waals surface area contributed by atoms with Gasteiger partial charge in [-0.2, -0.15) is 0 Å². The van der Waals surface area contributed by atoms with Gasteiger partial charge in [0.2, 0.25) is 6.41 Å². The Bertz CT molecular complexity index is 945. The second kappa shape index (κ2) is 10.6. The molecule has 1 aliphatic heterocycles. The van der Waals surface area contributed by atoms with Gasteiger partial charge in [0, 0.05) is 12.7 Å². The van der Waals surface area contributed by atoms with Crippen LogP contribution in [0.4, 0.5) is 5.69 Å². The van der Waals surface area contributed by atoms with Gasteiger partial charge in [0.15, 0.2) is 0 Å². The van der Waals surface area contributed by atoms with Gasteiger partial charge in [-0.15, -0.1) is 0 Å². The summed E-state index contributed by atoms with van der Waals surface area (Å²) in [4.78, 5) is 12.2. The van der Waals surface area contributed by atoms with Crippen LogP contribution in [0, 0.1) is 0 Å². The fourth-order valence-corrected chi connectivity index (χ4v) is 6.44. The molecule has 3 aliphatic rings. The SMILES string of the molecule is CN1CCc2sc([S-](N)#[O+])cc2C1.CNc1c2c(cc3c1CCC3)CCC2.NC=O. The van der Waals surface area contributed by atoms with Crippen molar-refractivity contribution < 1.29 is 8.84 Å². The Morgan fingerprint density at radius 3 is 2.23 bits per heavy atom. The molecule has 1 aromatic heterocycles. The monoisotopic (exact) mass is 448 g/mol. The van der Waals surface area contributed by atoms with Crippen LogP contribution in [0.1, 0.15) is 45.5 Å². The third kappa shape index (κ3) is 5.18. The Labute approximate surface area is 185 Å². The van der Waals surface area contributed by atoms with Crippen molar-refractivity contribution in [2.24, 2.45) is 10.9 Å². The number of anilines is 1. The summed E-state index contributed by atoms with van der Waals surface area (Å²) < 4.78 is 11.8. The van der Waals surface area contributed by atoms with Gasteiger partial charge in [-0.1, -0.05) is 6.07 Å². The van der Waals surface area contributed by atoms with Gasteiger partial charge >= 0.3 is 83.5 Å². The molecule has 6 nitrogen and oxygen atoms in total. The quantitative estimate of drug-likeness (QED) is 0.354. The number of carbonyl (C=O) groups is 1. The number of rotatable bonds is 1. The van der Waals surface area contributed by atoms with Gasteiger partial charge in [-0.25, -0.2) is 0 Å². The Balaban J connectivity index is 0.000000152. The zero-order chi connectivity index (χ0) is 21.7. The van der Waals surface area contributed by atoms with Crippen molar-refractivity contribution in [3.63, 3.8) is 0 Å². The molecule has 0 saturated carbocycles. The predicted octanol–water partition coefficient (Wildman–Crippen LogP) is 2.74. The van der Waals surface area contributed by atoms with E-state index in [0.717, 1.165) is 23.7 Å². The zero-order valence-electron chi connectivity index (χ0n) is 17.8. The van der Waals surface area contributed by atoms with Crippen molar-refractivity contribution in [3.8, 4) is 0 Å². The number of nitrogens with one attached hydrogen (secondary N) is 1. The number of fused-ring (bicyclic) bond motifs is 3. The maximum absolute atomic E-state index is 11.0. The number of nitrogens with zero attached hydrogens (tertiary/aromatic N) is 1. The van der Waals surface area contributed by atoms with Gasteiger partial charge in [-0.3, -0.25) is 4.79 Å². The summed E-state index contributed by atoms with van der Waals surface area (Å²) in [6.45, 7) is 2.05.